The zero-order valence-corrected chi connectivity index (χ0v) is 12.6. The highest BCUT2D eigenvalue weighted by atomic mass is 16.5. The van der Waals surface area contributed by atoms with Crippen molar-refractivity contribution in [1.82, 2.24) is 16.0 Å². The molecule has 0 aromatic heterocycles. The first kappa shape index (κ1) is 25.7. The van der Waals surface area contributed by atoms with Gasteiger partial charge in [0.2, 0.25) is 18.2 Å². The molecule has 0 saturated carbocycles. The van der Waals surface area contributed by atoms with Crippen molar-refractivity contribution in [3.63, 3.8) is 0 Å². The number of ether oxygens (including phenoxy) is 1. The minimum atomic E-state index is -0.245. The van der Waals surface area contributed by atoms with Gasteiger partial charge < -0.3 is 20.7 Å². The second-order valence-electron chi connectivity index (χ2n) is 2.71. The number of hydrogen-bond acceptors (Lipinski definition) is 5. The number of carbonyl (C=O) groups is 4. The van der Waals surface area contributed by atoms with Crippen LogP contribution in [0.4, 0.5) is 0 Å². The van der Waals surface area contributed by atoms with Gasteiger partial charge in [-0.2, -0.15) is 0 Å². The van der Waals surface area contributed by atoms with E-state index in [1.165, 1.54) is 27.9 Å². The lowest BCUT2D eigenvalue weighted by molar-refractivity contribution is -0.138. The van der Waals surface area contributed by atoms with Crippen LogP contribution in [0.5, 0.6) is 0 Å². The molecule has 0 atom stereocenters. The molecule has 3 N–H and O–H groups in total. The third kappa shape index (κ3) is 128. The molecule has 0 aliphatic heterocycles. The molecule has 8 nitrogen and oxygen atoms in total. The molecule has 19 heavy (non-hydrogen) atoms. The quantitative estimate of drug-likeness (QED) is 0.423. The van der Waals surface area contributed by atoms with Crippen molar-refractivity contribution in [2.75, 3.05) is 28.3 Å². The van der Waals surface area contributed by atoms with Crippen molar-refractivity contribution >= 4 is 24.2 Å². The maximum Gasteiger partial charge on any atom is 0.302 e. The Hall–Kier alpha value is -2.12. The van der Waals surface area contributed by atoms with Crippen molar-refractivity contribution in [2.45, 2.75) is 20.8 Å². The van der Waals surface area contributed by atoms with Crippen molar-refractivity contribution in [2.24, 2.45) is 0 Å². The fourth-order valence-corrected chi connectivity index (χ4v) is 0. The molecule has 0 aliphatic rings. The predicted molar refractivity (Wildman–Crippen MR) is 72.3 cm³/mol. The minimum Gasteiger partial charge on any atom is -0.469 e. The molecule has 0 aromatic carbocycles. The molecule has 0 saturated heterocycles. The Balaban J connectivity index is -0.0000000793. The molecule has 0 radical (unpaired) electrons. The summed E-state index contributed by atoms with van der Waals surface area (Å²) in [6.07, 6.45) is 0.625. The van der Waals surface area contributed by atoms with Gasteiger partial charge in [-0.3, -0.25) is 19.2 Å². The van der Waals surface area contributed by atoms with Crippen molar-refractivity contribution in [1.29, 1.82) is 0 Å². The molecule has 0 bridgehead atoms. The standard InChI is InChI=1S/2C3H7NO.C3H6O2.C2H5NO/c2*1-3(5)4-2;1-3(4)5-2;1-3-2-4/h2*1-2H3,(H,4,5);1-2H3;2H,1H3,(H,3,4). The lowest BCUT2D eigenvalue weighted by Gasteiger charge is -1.80. The number of carbonyl (C=O) groups excluding carboxylic acids is 4. The predicted octanol–water partition coefficient (Wildman–Crippen LogP) is -0.954. The third-order valence-electron chi connectivity index (χ3n) is 1.11. The van der Waals surface area contributed by atoms with Crippen molar-refractivity contribution in [3.8, 4) is 0 Å². The molecule has 8 heteroatoms. The molecular formula is C11H25N3O5. The molecule has 0 fully saturated rings. The zero-order chi connectivity index (χ0) is 16.3. The van der Waals surface area contributed by atoms with Gasteiger partial charge in [0.15, 0.2) is 0 Å². The Bertz CT molecular complexity index is 211. The second-order valence-corrected chi connectivity index (χ2v) is 2.71. The largest absolute Gasteiger partial charge is 0.469 e. The van der Waals surface area contributed by atoms with Crippen LogP contribution in [-0.2, 0) is 23.9 Å². The van der Waals surface area contributed by atoms with Crippen LogP contribution in [0.25, 0.3) is 0 Å². The first-order valence-electron chi connectivity index (χ1n) is 5.25. The number of rotatable bonds is 1. The summed E-state index contributed by atoms with van der Waals surface area (Å²) in [4.78, 5) is 38.1. The topological polar surface area (TPSA) is 114 Å². The molecule has 0 aliphatic carbocycles. The van der Waals surface area contributed by atoms with Crippen molar-refractivity contribution in [3.05, 3.63) is 0 Å². The van der Waals surface area contributed by atoms with Gasteiger partial charge in [0.1, 0.15) is 0 Å². The Kier molecular flexibility index (Phi) is 33.6. The van der Waals surface area contributed by atoms with Crippen LogP contribution >= 0.6 is 0 Å². The summed E-state index contributed by atoms with van der Waals surface area (Å²) in [6.45, 7) is 4.31. The SMILES string of the molecule is CNC(C)=O.CNC(C)=O.CNC=O.COC(C)=O. The molecule has 0 unspecified atom stereocenters. The van der Waals surface area contributed by atoms with Gasteiger partial charge in [0, 0.05) is 41.9 Å². The van der Waals surface area contributed by atoms with E-state index in [0.717, 1.165) is 0 Å². The average Bonchev–Trinajstić information content (AvgIpc) is 2.40. The second kappa shape index (κ2) is 24.9. The van der Waals surface area contributed by atoms with Gasteiger partial charge in [-0.25, -0.2) is 0 Å². The number of amides is 3. The molecule has 3 amide bonds. The molecule has 0 heterocycles. The number of esters is 1. The van der Waals surface area contributed by atoms with Gasteiger partial charge >= 0.3 is 5.97 Å². The summed E-state index contributed by atoms with van der Waals surface area (Å²) in [5, 5.41) is 7.03. The maximum absolute atomic E-state index is 9.70. The monoisotopic (exact) mass is 279 g/mol. The highest BCUT2D eigenvalue weighted by molar-refractivity contribution is 5.72. The van der Waals surface area contributed by atoms with E-state index in [9.17, 15) is 14.4 Å². The molecule has 114 valence electrons. The first-order chi connectivity index (χ1) is 8.72. The van der Waals surface area contributed by atoms with Crippen LogP contribution in [0.15, 0.2) is 0 Å². The van der Waals surface area contributed by atoms with Crippen LogP contribution < -0.4 is 16.0 Å². The Morgan fingerprint density at radius 3 is 1.05 bits per heavy atom. The lowest BCUT2D eigenvalue weighted by Crippen LogP contribution is -2.11. The van der Waals surface area contributed by atoms with Gasteiger partial charge in [0.25, 0.3) is 0 Å². The summed E-state index contributed by atoms with van der Waals surface area (Å²) in [5.74, 6) is -0.236. The fraction of sp³-hybridized carbons (Fsp3) is 0.636. The molecule has 0 spiro atoms. The van der Waals surface area contributed by atoms with Crippen LogP contribution in [0.2, 0.25) is 0 Å². The van der Waals surface area contributed by atoms with E-state index in [0.29, 0.717) is 6.41 Å². The maximum atomic E-state index is 9.70. The Morgan fingerprint density at radius 2 is 1.05 bits per heavy atom. The van der Waals surface area contributed by atoms with Gasteiger partial charge in [0.05, 0.1) is 7.11 Å². The van der Waals surface area contributed by atoms with E-state index in [1.807, 2.05) is 0 Å². The van der Waals surface area contributed by atoms with Crippen LogP contribution in [0, 0.1) is 0 Å². The van der Waals surface area contributed by atoms with E-state index in [4.69, 9.17) is 4.79 Å². The van der Waals surface area contributed by atoms with E-state index < -0.39 is 0 Å². The highest BCUT2D eigenvalue weighted by Gasteiger charge is 1.75. The van der Waals surface area contributed by atoms with Gasteiger partial charge in [-0.1, -0.05) is 0 Å². The summed E-state index contributed by atoms with van der Waals surface area (Å²) in [7, 11) is 6.11. The summed E-state index contributed by atoms with van der Waals surface area (Å²) < 4.78 is 4.11. The zero-order valence-electron chi connectivity index (χ0n) is 12.6. The summed E-state index contributed by atoms with van der Waals surface area (Å²) in [5.41, 5.74) is 0. The number of methoxy groups -OCH3 is 1. The number of hydrogen-bond donors (Lipinski definition) is 3. The van der Waals surface area contributed by atoms with E-state index in [-0.39, 0.29) is 17.8 Å². The molecule has 0 aromatic rings. The first-order valence-corrected chi connectivity index (χ1v) is 5.25. The normalized spacial score (nSPS) is 6.47. The van der Waals surface area contributed by atoms with E-state index in [1.54, 1.807) is 21.1 Å². The van der Waals surface area contributed by atoms with Crippen LogP contribution in [-0.4, -0.2) is 52.4 Å². The fourth-order valence-electron chi connectivity index (χ4n) is 0. The van der Waals surface area contributed by atoms with E-state index >= 15 is 0 Å². The highest BCUT2D eigenvalue weighted by Crippen LogP contribution is 1.60. The summed E-state index contributed by atoms with van der Waals surface area (Å²) >= 11 is 0. The van der Waals surface area contributed by atoms with Crippen LogP contribution in [0.1, 0.15) is 20.8 Å². The Labute approximate surface area is 114 Å². The summed E-state index contributed by atoms with van der Waals surface area (Å²) in [6, 6.07) is 0. The molecular weight excluding hydrogens is 254 g/mol. The van der Waals surface area contributed by atoms with Gasteiger partial charge in [-0.15, -0.1) is 0 Å². The average molecular weight is 279 g/mol. The van der Waals surface area contributed by atoms with Crippen molar-refractivity contribution < 1.29 is 23.9 Å². The Morgan fingerprint density at radius 1 is 0.895 bits per heavy atom. The number of nitrogens with one attached hydrogen (secondary N) is 3. The van der Waals surface area contributed by atoms with E-state index in [2.05, 4.69) is 20.7 Å². The third-order valence-corrected chi connectivity index (χ3v) is 1.11. The smallest absolute Gasteiger partial charge is 0.302 e. The molecule has 0 rings (SSSR count). The lowest BCUT2D eigenvalue weighted by atomic mass is 10.7. The minimum absolute atomic E-state index is 0.00463. The van der Waals surface area contributed by atoms with Gasteiger partial charge in [-0.05, 0) is 0 Å². The van der Waals surface area contributed by atoms with Crippen LogP contribution in [0.3, 0.4) is 0 Å².